The van der Waals surface area contributed by atoms with Gasteiger partial charge < -0.3 is 29.8 Å². The molecule has 10 nitrogen and oxygen atoms in total. The zero-order valence-corrected chi connectivity index (χ0v) is 31.5. The van der Waals surface area contributed by atoms with Gasteiger partial charge >= 0.3 is 5.97 Å². The fraction of sp³-hybridized carbons (Fsp3) is 0.444. The number of piperidine rings is 3. The third-order valence-electron chi connectivity index (χ3n) is 12.5. The van der Waals surface area contributed by atoms with Crippen molar-refractivity contribution in [2.45, 2.75) is 94.9 Å². The molecule has 2 bridgehead atoms. The first-order chi connectivity index (χ1) is 26.8. The number of nitrogens with zero attached hydrogens (tertiary/aromatic N) is 2. The molecule has 55 heavy (non-hydrogen) atoms. The lowest BCUT2D eigenvalue weighted by Gasteiger charge is -2.45. The van der Waals surface area contributed by atoms with Gasteiger partial charge in [0.15, 0.2) is 0 Å². The molecule has 4 N–H and O–H groups in total. The van der Waals surface area contributed by atoms with Crippen molar-refractivity contribution in [1.29, 1.82) is 0 Å². The molecule has 1 unspecified atom stereocenters. The van der Waals surface area contributed by atoms with Crippen LogP contribution in [0.1, 0.15) is 86.1 Å². The molecule has 0 amide bonds. The number of H-pyrrole nitrogens is 1. The maximum atomic E-state index is 14.0. The monoisotopic (exact) mass is 744 g/mol. The van der Waals surface area contributed by atoms with Crippen molar-refractivity contribution in [2.75, 3.05) is 26.2 Å². The number of ether oxygens (including phenoxy) is 1. The number of benzene rings is 3. The SMILES string of the molecule is O=C(OC1CN2CCC1CC2)C1(c2cccc(CCCCn3c(=O)ccc4cc(CNC[C@H](O)c5ccc(O)c6[nH]c(=O)ccc56)ccc43)c2)CCCCC1. The highest BCUT2D eigenvalue weighted by Crippen LogP contribution is 2.42. The first kappa shape index (κ1) is 37.2. The lowest BCUT2D eigenvalue weighted by Crippen LogP contribution is -2.53. The average Bonchev–Trinajstić information content (AvgIpc) is 3.21. The number of aromatic amines is 1. The molecule has 10 heteroatoms. The number of aryl methyl sites for hydroxylation is 2. The van der Waals surface area contributed by atoms with E-state index in [4.69, 9.17) is 4.74 Å². The number of hydrogen-bond acceptors (Lipinski definition) is 8. The van der Waals surface area contributed by atoms with Crippen LogP contribution < -0.4 is 16.4 Å². The van der Waals surface area contributed by atoms with Gasteiger partial charge in [-0.25, -0.2) is 0 Å². The second-order valence-electron chi connectivity index (χ2n) is 16.0. The number of aromatic hydroxyl groups is 1. The Labute approximate surface area is 321 Å². The summed E-state index contributed by atoms with van der Waals surface area (Å²) in [4.78, 5) is 43.9. The Morgan fingerprint density at radius 1 is 0.927 bits per heavy atom. The standard InChI is InChI=1S/C45H52N4O6/c50-38-15-12-35(36-13-16-41(52)47-43(36)38)39(51)28-46-27-31-10-14-37-33(25-31)11-17-42(53)49(37)22-5-2-7-30-8-6-9-34(26-30)45(20-3-1-4-21-45)44(54)55-40-29-48-23-18-32(40)19-24-48/h6,8-17,25-26,32,39-40,46,50-51H,1-5,7,18-24,27-29H2,(H,47,52)/t39-,40?/m0/s1. The molecular weight excluding hydrogens is 693 g/mol. The number of aliphatic hydroxyl groups excluding tert-OH is 1. The van der Waals surface area contributed by atoms with Crippen LogP contribution in [0.5, 0.6) is 5.75 Å². The van der Waals surface area contributed by atoms with E-state index < -0.39 is 11.5 Å². The number of carbonyl (C=O) groups is 1. The minimum Gasteiger partial charge on any atom is -0.506 e. The number of pyridine rings is 2. The van der Waals surface area contributed by atoms with E-state index >= 15 is 0 Å². The molecule has 1 saturated carbocycles. The van der Waals surface area contributed by atoms with Crippen LogP contribution in [-0.2, 0) is 34.5 Å². The molecule has 2 atom stereocenters. The first-order valence-corrected chi connectivity index (χ1v) is 20.2. The first-order valence-electron chi connectivity index (χ1n) is 20.2. The Hall–Kier alpha value is -4.77. The second kappa shape index (κ2) is 16.1. The third kappa shape index (κ3) is 7.86. The average molecular weight is 745 g/mol. The molecule has 4 fully saturated rings. The Balaban J connectivity index is 0.879. The number of rotatable bonds is 13. The lowest BCUT2D eigenvalue weighted by atomic mass is 9.69. The summed E-state index contributed by atoms with van der Waals surface area (Å²) in [7, 11) is 0. The molecule has 5 heterocycles. The van der Waals surface area contributed by atoms with Crippen molar-refractivity contribution < 1.29 is 19.7 Å². The second-order valence-corrected chi connectivity index (χ2v) is 16.0. The highest BCUT2D eigenvalue weighted by molar-refractivity contribution is 5.87. The maximum absolute atomic E-state index is 14.0. The number of hydrogen-bond donors (Lipinski definition) is 4. The van der Waals surface area contributed by atoms with Crippen molar-refractivity contribution in [3.8, 4) is 5.75 Å². The van der Waals surface area contributed by atoms with Gasteiger partial charge in [0.1, 0.15) is 11.9 Å². The number of phenols is 1. The van der Waals surface area contributed by atoms with E-state index in [0.717, 1.165) is 106 Å². The Morgan fingerprint density at radius 2 is 1.76 bits per heavy atom. The highest BCUT2D eigenvalue weighted by atomic mass is 16.5. The van der Waals surface area contributed by atoms with E-state index in [2.05, 4.69) is 45.5 Å². The zero-order chi connectivity index (χ0) is 37.9. The Morgan fingerprint density at radius 3 is 2.56 bits per heavy atom. The van der Waals surface area contributed by atoms with E-state index in [-0.39, 0.29) is 35.5 Å². The predicted molar refractivity (Wildman–Crippen MR) is 214 cm³/mol. The van der Waals surface area contributed by atoms with E-state index in [9.17, 15) is 24.6 Å². The molecule has 288 valence electrons. The van der Waals surface area contributed by atoms with Gasteiger partial charge in [0.25, 0.3) is 5.56 Å². The Bertz CT molecular complexity index is 2280. The van der Waals surface area contributed by atoms with Crippen LogP contribution >= 0.6 is 0 Å². The summed E-state index contributed by atoms with van der Waals surface area (Å²) in [6.07, 6.45) is 9.01. The normalized spacial score (nSPS) is 21.1. The van der Waals surface area contributed by atoms with Gasteiger partial charge in [-0.05, 0) is 122 Å². The topological polar surface area (TPSA) is 137 Å². The predicted octanol–water partition coefficient (Wildman–Crippen LogP) is 6.23. The molecule has 3 saturated heterocycles. The summed E-state index contributed by atoms with van der Waals surface area (Å²) in [5.41, 5.74) is 4.25. The van der Waals surface area contributed by atoms with Crippen LogP contribution in [0.3, 0.4) is 0 Å². The fourth-order valence-corrected chi connectivity index (χ4v) is 9.39. The lowest BCUT2D eigenvalue weighted by molar-refractivity contribution is -0.167. The number of fused-ring (bicyclic) bond motifs is 5. The van der Waals surface area contributed by atoms with Crippen molar-refractivity contribution in [3.63, 3.8) is 0 Å². The maximum Gasteiger partial charge on any atom is 0.316 e. The van der Waals surface area contributed by atoms with Gasteiger partial charge in [-0.1, -0.05) is 55.7 Å². The Kier molecular flexibility index (Phi) is 10.9. The molecule has 4 aliphatic rings. The molecule has 5 aromatic rings. The molecule has 0 spiro atoms. The van der Waals surface area contributed by atoms with E-state index in [1.54, 1.807) is 18.2 Å². The van der Waals surface area contributed by atoms with Crippen LogP contribution in [0.25, 0.3) is 21.8 Å². The summed E-state index contributed by atoms with van der Waals surface area (Å²) in [5.74, 6) is 0.436. The van der Waals surface area contributed by atoms with E-state index in [1.807, 2.05) is 22.8 Å². The molecule has 0 radical (unpaired) electrons. The van der Waals surface area contributed by atoms with E-state index in [1.165, 1.54) is 17.7 Å². The summed E-state index contributed by atoms with van der Waals surface area (Å²) < 4.78 is 8.24. The number of carbonyl (C=O) groups excluding carboxylic acids is 1. The molecule has 2 aromatic heterocycles. The van der Waals surface area contributed by atoms with Crippen LogP contribution in [0, 0.1) is 5.92 Å². The van der Waals surface area contributed by atoms with Crippen LogP contribution in [0.15, 0.2) is 88.5 Å². The number of unbranched alkanes of at least 4 members (excludes halogenated alkanes) is 1. The minimum atomic E-state index is -0.855. The number of aromatic nitrogens is 2. The fourth-order valence-electron chi connectivity index (χ4n) is 9.39. The van der Waals surface area contributed by atoms with Gasteiger partial charge in [0, 0.05) is 43.7 Å². The number of esters is 1. The quantitative estimate of drug-likeness (QED) is 0.0823. The van der Waals surface area contributed by atoms with Gasteiger partial charge in [-0.3, -0.25) is 19.3 Å². The zero-order valence-electron chi connectivity index (χ0n) is 31.5. The molecule has 1 aliphatic carbocycles. The van der Waals surface area contributed by atoms with E-state index in [0.29, 0.717) is 35.5 Å². The van der Waals surface area contributed by atoms with Gasteiger partial charge in [-0.15, -0.1) is 0 Å². The molecule has 9 rings (SSSR count). The largest absolute Gasteiger partial charge is 0.506 e. The summed E-state index contributed by atoms with van der Waals surface area (Å²) in [6.45, 7) is 4.52. The molecule has 3 aliphatic heterocycles. The van der Waals surface area contributed by atoms with Gasteiger partial charge in [-0.2, -0.15) is 0 Å². The van der Waals surface area contributed by atoms with Crippen LogP contribution in [0.4, 0.5) is 0 Å². The highest BCUT2D eigenvalue weighted by Gasteiger charge is 2.46. The third-order valence-corrected chi connectivity index (χ3v) is 12.5. The van der Waals surface area contributed by atoms with Gasteiger partial charge in [0.2, 0.25) is 5.56 Å². The molecular formula is C45H52N4O6. The smallest absolute Gasteiger partial charge is 0.316 e. The number of phenolic OH excluding ortho intramolecular Hbond substituents is 1. The van der Waals surface area contributed by atoms with Crippen molar-refractivity contribution >= 4 is 27.8 Å². The number of nitrogens with one attached hydrogen (secondary N) is 2. The summed E-state index contributed by atoms with van der Waals surface area (Å²) >= 11 is 0. The number of aliphatic hydroxyl groups is 1. The van der Waals surface area contributed by atoms with Crippen molar-refractivity contribution in [3.05, 3.63) is 122 Å². The summed E-state index contributed by atoms with van der Waals surface area (Å²) in [5, 5.41) is 26.0. The van der Waals surface area contributed by atoms with Crippen molar-refractivity contribution in [2.24, 2.45) is 5.92 Å². The summed E-state index contributed by atoms with van der Waals surface area (Å²) in [6, 6.07) is 24.3. The van der Waals surface area contributed by atoms with Gasteiger partial charge in [0.05, 0.1) is 22.6 Å². The van der Waals surface area contributed by atoms with Crippen LogP contribution in [0.2, 0.25) is 0 Å². The molecule has 3 aromatic carbocycles. The van der Waals surface area contributed by atoms with Crippen molar-refractivity contribution in [1.82, 2.24) is 19.8 Å². The minimum absolute atomic E-state index is 0.0164. The van der Waals surface area contributed by atoms with Crippen LogP contribution in [-0.4, -0.2) is 62.9 Å².